The molecule has 1 unspecified atom stereocenters. The molecule has 1 saturated heterocycles. The van der Waals surface area contributed by atoms with E-state index in [1.54, 1.807) is 6.20 Å². The highest BCUT2D eigenvalue weighted by Gasteiger charge is 2.32. The molecule has 6 nitrogen and oxygen atoms in total. The summed E-state index contributed by atoms with van der Waals surface area (Å²) in [5.74, 6) is 1.48. The van der Waals surface area contributed by atoms with E-state index in [1.165, 1.54) is 0 Å². The zero-order valence-electron chi connectivity index (χ0n) is 13.4. The lowest BCUT2D eigenvalue weighted by molar-refractivity contribution is -0.119. The van der Waals surface area contributed by atoms with E-state index in [1.807, 2.05) is 55.3 Å². The van der Waals surface area contributed by atoms with Gasteiger partial charge in [0.05, 0.1) is 5.54 Å². The monoisotopic (exact) mass is 311 g/mol. The van der Waals surface area contributed by atoms with Crippen LogP contribution in [-0.4, -0.2) is 35.0 Å². The van der Waals surface area contributed by atoms with Gasteiger partial charge >= 0.3 is 0 Å². The van der Waals surface area contributed by atoms with Crippen molar-refractivity contribution in [1.82, 2.24) is 15.3 Å². The maximum Gasteiger partial charge on any atom is 0.224 e. The Balaban J connectivity index is 1.69. The van der Waals surface area contributed by atoms with Gasteiger partial charge in [-0.15, -0.1) is 0 Å². The molecule has 0 spiro atoms. The lowest BCUT2D eigenvalue weighted by atomic mass is 10.0. The third-order valence-corrected chi connectivity index (χ3v) is 4.11. The van der Waals surface area contributed by atoms with Crippen LogP contribution < -0.4 is 15.5 Å². The van der Waals surface area contributed by atoms with Gasteiger partial charge in [-0.05, 0) is 31.5 Å². The van der Waals surface area contributed by atoms with Crippen LogP contribution in [0.4, 0.5) is 17.5 Å². The van der Waals surface area contributed by atoms with E-state index in [9.17, 15) is 4.79 Å². The van der Waals surface area contributed by atoms with E-state index < -0.39 is 0 Å². The Bertz CT molecular complexity index is 690. The van der Waals surface area contributed by atoms with Gasteiger partial charge in [-0.1, -0.05) is 18.2 Å². The number of nitrogens with one attached hydrogen (secondary N) is 2. The molecule has 2 N–H and O–H groups in total. The third-order valence-electron chi connectivity index (χ3n) is 4.11. The maximum absolute atomic E-state index is 11.4. The summed E-state index contributed by atoms with van der Waals surface area (Å²) in [5.41, 5.74) is 0.828. The second kappa shape index (κ2) is 6.24. The molecule has 0 radical (unpaired) electrons. The quantitative estimate of drug-likeness (QED) is 0.887. The molecule has 1 atom stereocenters. The van der Waals surface area contributed by atoms with Crippen LogP contribution in [0.25, 0.3) is 0 Å². The molecular weight excluding hydrogens is 290 g/mol. The highest BCUT2D eigenvalue weighted by atomic mass is 16.2. The largest absolute Gasteiger partial charge is 0.352 e. The van der Waals surface area contributed by atoms with Gasteiger partial charge in [0.1, 0.15) is 5.82 Å². The molecule has 6 heteroatoms. The number of para-hydroxylation sites is 1. The van der Waals surface area contributed by atoms with Crippen LogP contribution >= 0.6 is 0 Å². The Labute approximate surface area is 135 Å². The summed E-state index contributed by atoms with van der Waals surface area (Å²) in [4.78, 5) is 22.2. The van der Waals surface area contributed by atoms with Gasteiger partial charge in [-0.25, -0.2) is 4.98 Å². The summed E-state index contributed by atoms with van der Waals surface area (Å²) in [6.45, 7) is 2.64. The molecule has 0 saturated carbocycles. The topological polar surface area (TPSA) is 70.2 Å². The van der Waals surface area contributed by atoms with Crippen LogP contribution in [0.2, 0.25) is 0 Å². The minimum absolute atomic E-state index is 0.104. The smallest absolute Gasteiger partial charge is 0.224 e. The van der Waals surface area contributed by atoms with Gasteiger partial charge in [-0.2, -0.15) is 4.98 Å². The molecule has 0 aliphatic carbocycles. The van der Waals surface area contributed by atoms with E-state index in [4.69, 9.17) is 0 Å². The number of aromatic nitrogens is 2. The van der Waals surface area contributed by atoms with E-state index in [0.717, 1.165) is 17.9 Å². The maximum atomic E-state index is 11.4. The summed E-state index contributed by atoms with van der Waals surface area (Å²) in [6.07, 6.45) is 3.14. The number of amides is 1. The lowest BCUT2D eigenvalue weighted by Crippen LogP contribution is -2.44. The highest BCUT2D eigenvalue weighted by Crippen LogP contribution is 2.22. The van der Waals surface area contributed by atoms with E-state index in [2.05, 4.69) is 20.6 Å². The minimum Gasteiger partial charge on any atom is -0.352 e. The number of benzene rings is 1. The number of carbonyl (C=O) groups is 1. The molecule has 1 aromatic carbocycles. The van der Waals surface area contributed by atoms with Crippen LogP contribution in [-0.2, 0) is 4.79 Å². The van der Waals surface area contributed by atoms with Crippen molar-refractivity contribution in [3.8, 4) is 0 Å². The highest BCUT2D eigenvalue weighted by molar-refractivity contribution is 5.79. The van der Waals surface area contributed by atoms with Gasteiger partial charge in [0.2, 0.25) is 11.9 Å². The first-order valence-electron chi connectivity index (χ1n) is 7.72. The molecular formula is C17H21N5O. The van der Waals surface area contributed by atoms with Gasteiger partial charge in [0.25, 0.3) is 0 Å². The van der Waals surface area contributed by atoms with Gasteiger partial charge in [0, 0.05) is 31.9 Å². The van der Waals surface area contributed by atoms with Crippen molar-refractivity contribution in [2.45, 2.75) is 25.3 Å². The van der Waals surface area contributed by atoms with Crippen LogP contribution in [0.5, 0.6) is 0 Å². The van der Waals surface area contributed by atoms with E-state index in [-0.39, 0.29) is 11.4 Å². The molecule has 23 heavy (non-hydrogen) atoms. The number of anilines is 3. The second-order valence-corrected chi connectivity index (χ2v) is 6.10. The average Bonchev–Trinajstić information content (AvgIpc) is 2.93. The Morgan fingerprint density at radius 1 is 1.30 bits per heavy atom. The lowest BCUT2D eigenvalue weighted by Gasteiger charge is -2.24. The minimum atomic E-state index is -0.234. The number of rotatable bonds is 5. The molecule has 1 aliphatic heterocycles. The molecule has 1 aromatic heterocycles. The van der Waals surface area contributed by atoms with E-state index in [0.29, 0.717) is 18.9 Å². The van der Waals surface area contributed by atoms with Crippen LogP contribution in [0.1, 0.15) is 19.8 Å². The Kier molecular flexibility index (Phi) is 4.14. The Hall–Kier alpha value is -2.63. The molecule has 1 fully saturated rings. The van der Waals surface area contributed by atoms with Crippen LogP contribution in [0.3, 0.4) is 0 Å². The summed E-state index contributed by atoms with van der Waals surface area (Å²) >= 11 is 0. The number of nitrogens with zero attached hydrogens (tertiary/aromatic N) is 3. The summed E-state index contributed by atoms with van der Waals surface area (Å²) < 4.78 is 0. The van der Waals surface area contributed by atoms with Crippen molar-refractivity contribution in [3.63, 3.8) is 0 Å². The predicted octanol–water partition coefficient (Wildman–Crippen LogP) is 2.33. The summed E-state index contributed by atoms with van der Waals surface area (Å²) in [7, 11) is 1.97. The van der Waals surface area contributed by atoms with Crippen molar-refractivity contribution >= 4 is 23.4 Å². The fourth-order valence-electron chi connectivity index (χ4n) is 2.66. The number of carbonyl (C=O) groups excluding carboxylic acids is 1. The Morgan fingerprint density at radius 3 is 2.78 bits per heavy atom. The van der Waals surface area contributed by atoms with Crippen LogP contribution in [0, 0.1) is 0 Å². The van der Waals surface area contributed by atoms with E-state index >= 15 is 0 Å². The molecule has 2 heterocycles. The van der Waals surface area contributed by atoms with Gasteiger partial charge < -0.3 is 15.5 Å². The first-order valence-corrected chi connectivity index (χ1v) is 7.72. The number of hydrogen-bond donors (Lipinski definition) is 2. The Morgan fingerprint density at radius 2 is 2.09 bits per heavy atom. The van der Waals surface area contributed by atoms with Crippen molar-refractivity contribution in [3.05, 3.63) is 42.6 Å². The normalized spacial score (nSPS) is 20.2. The predicted molar refractivity (Wildman–Crippen MR) is 90.8 cm³/mol. The average molecular weight is 311 g/mol. The standard InChI is InChI=1S/C17H21N5O/c1-17(10-8-15(23)21-17)12-19-16-18-11-9-14(20-16)22(2)13-6-4-3-5-7-13/h3-7,9,11H,8,10,12H2,1-2H3,(H,21,23)(H,18,19,20). The van der Waals surface area contributed by atoms with Crippen LogP contribution in [0.15, 0.2) is 42.6 Å². The van der Waals surface area contributed by atoms with Crippen molar-refractivity contribution in [2.24, 2.45) is 0 Å². The van der Waals surface area contributed by atoms with Crippen molar-refractivity contribution < 1.29 is 4.79 Å². The zero-order chi connectivity index (χ0) is 16.3. The third kappa shape index (κ3) is 3.59. The molecule has 3 rings (SSSR count). The summed E-state index contributed by atoms with van der Waals surface area (Å²) in [6, 6.07) is 11.9. The first-order chi connectivity index (χ1) is 11.1. The molecule has 1 amide bonds. The van der Waals surface area contributed by atoms with Crippen molar-refractivity contribution in [1.29, 1.82) is 0 Å². The molecule has 2 aromatic rings. The fraction of sp³-hybridized carbons (Fsp3) is 0.353. The molecule has 0 bridgehead atoms. The molecule has 120 valence electrons. The fourth-order valence-corrected chi connectivity index (χ4v) is 2.66. The second-order valence-electron chi connectivity index (χ2n) is 6.10. The SMILES string of the molecule is CN(c1ccccc1)c1ccnc(NCC2(C)CCC(=O)N2)n1. The number of hydrogen-bond acceptors (Lipinski definition) is 5. The summed E-state index contributed by atoms with van der Waals surface area (Å²) in [5, 5.41) is 6.23. The van der Waals surface area contributed by atoms with Gasteiger partial charge in [-0.3, -0.25) is 4.79 Å². The zero-order valence-corrected chi connectivity index (χ0v) is 13.4. The van der Waals surface area contributed by atoms with Gasteiger partial charge in [0.15, 0.2) is 0 Å². The first kappa shape index (κ1) is 15.3. The molecule has 1 aliphatic rings. The van der Waals surface area contributed by atoms with Crippen molar-refractivity contribution in [2.75, 3.05) is 23.8 Å².